The van der Waals surface area contributed by atoms with Crippen molar-refractivity contribution >= 4 is 5.97 Å². The summed E-state index contributed by atoms with van der Waals surface area (Å²) < 4.78 is 5.16. The quantitative estimate of drug-likeness (QED) is 0.669. The molecule has 94 valence electrons. The summed E-state index contributed by atoms with van der Waals surface area (Å²) in [4.78, 5) is 12.0. The Morgan fingerprint density at radius 3 is 2.33 bits per heavy atom. The van der Waals surface area contributed by atoms with E-state index < -0.39 is 0 Å². The van der Waals surface area contributed by atoms with E-state index in [1.54, 1.807) is 0 Å². The highest BCUT2D eigenvalue weighted by Crippen LogP contribution is 2.36. The molecular formula is C16H18O2. The first-order valence-electron chi connectivity index (χ1n) is 6.40. The first-order chi connectivity index (χ1) is 8.81. The van der Waals surface area contributed by atoms with Gasteiger partial charge in [-0.15, -0.1) is 0 Å². The van der Waals surface area contributed by atoms with Crippen LogP contribution in [0.5, 0.6) is 0 Å². The number of carbonyl (C=O) groups excluding carboxylic acids is 1. The van der Waals surface area contributed by atoms with Crippen LogP contribution in [0.1, 0.15) is 19.8 Å². The van der Waals surface area contributed by atoms with Crippen molar-refractivity contribution in [3.8, 4) is 0 Å². The molecule has 2 fully saturated rings. The van der Waals surface area contributed by atoms with E-state index in [4.69, 9.17) is 4.74 Å². The SMILES string of the molecule is CCOC(=O)C(CC[C]1[CH][CH][CH][CH]1)[C]1[CH][CH][CH][CH]1. The molecule has 0 amide bonds. The predicted molar refractivity (Wildman–Crippen MR) is 70.2 cm³/mol. The fraction of sp³-hybridized carbons (Fsp3) is 0.312. The van der Waals surface area contributed by atoms with E-state index in [1.807, 2.05) is 45.4 Å². The molecule has 2 heteroatoms. The van der Waals surface area contributed by atoms with Gasteiger partial charge in [-0.2, -0.15) is 0 Å². The van der Waals surface area contributed by atoms with Gasteiger partial charge in [0.2, 0.25) is 0 Å². The molecule has 0 aromatic rings. The maximum absolute atomic E-state index is 12.0. The molecule has 2 nitrogen and oxygen atoms in total. The highest BCUT2D eigenvalue weighted by atomic mass is 16.5. The Hall–Kier alpha value is -0.530. The molecule has 2 aliphatic rings. The van der Waals surface area contributed by atoms with Gasteiger partial charge < -0.3 is 4.74 Å². The lowest BCUT2D eigenvalue weighted by Crippen LogP contribution is -2.24. The molecule has 0 aliphatic heterocycles. The Labute approximate surface area is 111 Å². The molecule has 0 aromatic carbocycles. The molecular weight excluding hydrogens is 224 g/mol. The van der Waals surface area contributed by atoms with Crippen molar-refractivity contribution in [1.29, 1.82) is 0 Å². The van der Waals surface area contributed by atoms with Crippen LogP contribution in [-0.4, -0.2) is 12.6 Å². The predicted octanol–water partition coefficient (Wildman–Crippen LogP) is 2.76. The summed E-state index contributed by atoms with van der Waals surface area (Å²) in [5.41, 5.74) is 0. The average Bonchev–Trinajstić information content (AvgIpc) is 3.01. The number of rotatable bonds is 6. The maximum Gasteiger partial charge on any atom is 0.309 e. The summed E-state index contributed by atoms with van der Waals surface area (Å²) in [5.74, 6) is 2.07. The van der Waals surface area contributed by atoms with Crippen LogP contribution < -0.4 is 0 Å². The summed E-state index contributed by atoms with van der Waals surface area (Å²) >= 11 is 0. The maximum atomic E-state index is 12.0. The van der Waals surface area contributed by atoms with Crippen molar-refractivity contribution in [3.63, 3.8) is 0 Å². The Morgan fingerprint density at radius 2 is 1.72 bits per heavy atom. The molecule has 2 rings (SSSR count). The molecule has 0 heterocycles. The minimum absolute atomic E-state index is 0.116. The lowest BCUT2D eigenvalue weighted by Gasteiger charge is -2.21. The number of carbonyl (C=O) groups is 1. The number of hydrogen-bond acceptors (Lipinski definition) is 2. The fourth-order valence-corrected chi connectivity index (χ4v) is 2.18. The third-order valence-electron chi connectivity index (χ3n) is 3.12. The normalized spacial score (nSPS) is 23.4. The Balaban J connectivity index is 1.84. The molecule has 1 atom stereocenters. The van der Waals surface area contributed by atoms with Crippen LogP contribution in [0.3, 0.4) is 0 Å². The lowest BCUT2D eigenvalue weighted by atomic mass is 9.84. The van der Waals surface area contributed by atoms with Crippen LogP contribution in [0.25, 0.3) is 0 Å². The molecule has 0 saturated heterocycles. The number of esters is 1. The van der Waals surface area contributed by atoms with Gasteiger partial charge in [0.05, 0.1) is 12.5 Å². The number of ether oxygens (including phenoxy) is 1. The van der Waals surface area contributed by atoms with E-state index >= 15 is 0 Å². The first-order valence-corrected chi connectivity index (χ1v) is 6.40. The third-order valence-corrected chi connectivity index (χ3v) is 3.12. The van der Waals surface area contributed by atoms with Crippen LogP contribution in [0, 0.1) is 69.1 Å². The minimum Gasteiger partial charge on any atom is -0.466 e. The summed E-state index contributed by atoms with van der Waals surface area (Å²) in [5, 5.41) is 0. The zero-order chi connectivity index (χ0) is 12.8. The zero-order valence-corrected chi connectivity index (χ0v) is 10.6. The fourth-order valence-electron chi connectivity index (χ4n) is 2.18. The summed E-state index contributed by atoms with van der Waals surface area (Å²) in [6.07, 6.45) is 17.8. The van der Waals surface area contributed by atoms with Crippen molar-refractivity contribution in [3.05, 3.63) is 63.2 Å². The van der Waals surface area contributed by atoms with Crippen molar-refractivity contribution in [2.24, 2.45) is 5.92 Å². The van der Waals surface area contributed by atoms with Crippen molar-refractivity contribution in [2.45, 2.75) is 19.8 Å². The van der Waals surface area contributed by atoms with E-state index in [2.05, 4.69) is 12.8 Å². The highest BCUT2D eigenvalue weighted by molar-refractivity contribution is 5.77. The molecule has 2 aliphatic carbocycles. The van der Waals surface area contributed by atoms with Gasteiger partial charge in [0.15, 0.2) is 0 Å². The van der Waals surface area contributed by atoms with E-state index in [-0.39, 0.29) is 11.9 Å². The van der Waals surface area contributed by atoms with Crippen LogP contribution >= 0.6 is 0 Å². The third kappa shape index (κ3) is 3.73. The molecule has 0 spiro atoms. The van der Waals surface area contributed by atoms with E-state index in [9.17, 15) is 4.79 Å². The van der Waals surface area contributed by atoms with Gasteiger partial charge in [0.25, 0.3) is 0 Å². The van der Waals surface area contributed by atoms with Gasteiger partial charge in [-0.25, -0.2) is 0 Å². The van der Waals surface area contributed by atoms with Crippen molar-refractivity contribution < 1.29 is 9.53 Å². The number of hydrogen-bond donors (Lipinski definition) is 0. The Morgan fingerprint density at radius 1 is 1.11 bits per heavy atom. The molecule has 1 unspecified atom stereocenters. The molecule has 0 aromatic heterocycles. The average molecular weight is 242 g/mol. The van der Waals surface area contributed by atoms with Crippen LogP contribution in [0.2, 0.25) is 0 Å². The smallest absolute Gasteiger partial charge is 0.309 e. The van der Waals surface area contributed by atoms with Gasteiger partial charge in [-0.05, 0) is 83.0 Å². The lowest BCUT2D eigenvalue weighted by molar-refractivity contribution is -0.147. The summed E-state index contributed by atoms with van der Waals surface area (Å²) in [6, 6.07) is 0. The van der Waals surface area contributed by atoms with E-state index in [1.165, 1.54) is 5.92 Å². The highest BCUT2D eigenvalue weighted by Gasteiger charge is 2.33. The Bertz CT molecular complexity index is 250. The van der Waals surface area contributed by atoms with E-state index in [0.717, 1.165) is 18.8 Å². The van der Waals surface area contributed by atoms with Crippen LogP contribution in [0.4, 0.5) is 0 Å². The van der Waals surface area contributed by atoms with Gasteiger partial charge in [0, 0.05) is 0 Å². The van der Waals surface area contributed by atoms with Crippen molar-refractivity contribution in [2.75, 3.05) is 6.61 Å². The second kappa shape index (κ2) is 7.16. The molecule has 0 bridgehead atoms. The monoisotopic (exact) mass is 242 g/mol. The van der Waals surface area contributed by atoms with Crippen molar-refractivity contribution in [1.82, 2.24) is 0 Å². The van der Waals surface area contributed by atoms with Gasteiger partial charge >= 0.3 is 5.97 Å². The zero-order valence-electron chi connectivity index (χ0n) is 10.6. The topological polar surface area (TPSA) is 26.3 Å². The minimum atomic E-state index is -0.144. The summed E-state index contributed by atoms with van der Waals surface area (Å²) in [7, 11) is 0. The first kappa shape index (κ1) is 13.9. The molecule has 0 N–H and O–H groups in total. The molecule has 10 radical (unpaired) electrons. The van der Waals surface area contributed by atoms with Gasteiger partial charge in [0.1, 0.15) is 0 Å². The van der Waals surface area contributed by atoms with E-state index in [0.29, 0.717) is 6.61 Å². The molecule has 2 saturated carbocycles. The largest absolute Gasteiger partial charge is 0.466 e. The van der Waals surface area contributed by atoms with Gasteiger partial charge in [-0.3, -0.25) is 4.79 Å². The van der Waals surface area contributed by atoms with Crippen LogP contribution in [0.15, 0.2) is 0 Å². The standard InChI is InChI=1S/C16H18O2/c1-2-18-16(17)15(14-9-5-6-10-14)12-11-13-7-3-4-8-13/h3-10,15H,2,11-12H2,1H3. The van der Waals surface area contributed by atoms with Crippen LogP contribution in [-0.2, 0) is 9.53 Å². The second-order valence-corrected chi connectivity index (χ2v) is 4.35. The second-order valence-electron chi connectivity index (χ2n) is 4.35. The molecule has 18 heavy (non-hydrogen) atoms. The Kier molecular flexibility index (Phi) is 5.52. The van der Waals surface area contributed by atoms with Gasteiger partial charge in [-0.1, -0.05) is 0 Å². The summed E-state index contributed by atoms with van der Waals surface area (Å²) in [6.45, 7) is 2.28.